The van der Waals surface area contributed by atoms with Gasteiger partial charge in [-0.1, -0.05) is 12.1 Å². The maximum absolute atomic E-state index is 12.4. The molecule has 22 heavy (non-hydrogen) atoms. The van der Waals surface area contributed by atoms with Gasteiger partial charge in [-0.25, -0.2) is 4.79 Å². The van der Waals surface area contributed by atoms with Crippen LogP contribution in [0.2, 0.25) is 0 Å². The van der Waals surface area contributed by atoms with E-state index in [4.69, 9.17) is 10.5 Å². The number of nitrogen functional groups attached to an aromatic ring is 1. The van der Waals surface area contributed by atoms with E-state index in [9.17, 15) is 4.79 Å². The first-order valence-electron chi connectivity index (χ1n) is 8.20. The monoisotopic (exact) mass is 302 g/mol. The molecule has 0 radical (unpaired) electrons. The number of fused-ring (bicyclic) bond motifs is 2. The van der Waals surface area contributed by atoms with Crippen LogP contribution in [0.5, 0.6) is 0 Å². The molecule has 2 saturated heterocycles. The highest BCUT2D eigenvalue weighted by Crippen LogP contribution is 2.43. The molecule has 1 aromatic rings. The molecule has 3 rings (SSSR count). The fraction of sp³-hybridized carbons (Fsp3) is 0.611. The Bertz CT molecular complexity index is 533. The molecule has 4 nitrogen and oxygen atoms in total. The predicted molar refractivity (Wildman–Crippen MR) is 87.7 cm³/mol. The molecule has 2 bridgehead atoms. The Balaban J connectivity index is 1.71. The van der Waals surface area contributed by atoms with E-state index in [0.29, 0.717) is 18.0 Å². The van der Waals surface area contributed by atoms with Crippen molar-refractivity contribution in [3.05, 3.63) is 29.8 Å². The maximum atomic E-state index is 12.4. The molecule has 2 fully saturated rings. The van der Waals surface area contributed by atoms with E-state index < -0.39 is 5.60 Å². The number of piperidine rings is 1. The Morgan fingerprint density at radius 2 is 1.68 bits per heavy atom. The summed E-state index contributed by atoms with van der Waals surface area (Å²) in [4.78, 5) is 14.4. The molecule has 1 aromatic carbocycles. The average molecular weight is 302 g/mol. The summed E-state index contributed by atoms with van der Waals surface area (Å²) in [5.74, 6) is 0.525. The summed E-state index contributed by atoms with van der Waals surface area (Å²) >= 11 is 0. The van der Waals surface area contributed by atoms with E-state index in [-0.39, 0.29) is 6.09 Å². The van der Waals surface area contributed by atoms with Gasteiger partial charge in [-0.05, 0) is 70.1 Å². The number of benzene rings is 1. The maximum Gasteiger partial charge on any atom is 0.410 e. The molecule has 0 saturated carbocycles. The number of anilines is 1. The van der Waals surface area contributed by atoms with Crippen LogP contribution in [0.25, 0.3) is 0 Å². The first kappa shape index (κ1) is 15.2. The van der Waals surface area contributed by atoms with E-state index >= 15 is 0 Å². The lowest BCUT2D eigenvalue weighted by Gasteiger charge is -2.39. The summed E-state index contributed by atoms with van der Waals surface area (Å²) < 4.78 is 5.59. The molecule has 0 spiro atoms. The quantitative estimate of drug-likeness (QED) is 0.800. The lowest BCUT2D eigenvalue weighted by molar-refractivity contribution is 0.00585. The fourth-order valence-corrected chi connectivity index (χ4v) is 3.83. The minimum absolute atomic E-state index is 0.143. The second kappa shape index (κ2) is 5.49. The second-order valence-electron chi connectivity index (χ2n) is 7.61. The van der Waals surface area contributed by atoms with E-state index in [2.05, 4.69) is 12.1 Å². The van der Waals surface area contributed by atoms with E-state index in [0.717, 1.165) is 31.4 Å². The summed E-state index contributed by atoms with van der Waals surface area (Å²) in [6, 6.07) is 8.83. The van der Waals surface area contributed by atoms with Crippen LogP contribution in [-0.4, -0.2) is 28.7 Å². The summed E-state index contributed by atoms with van der Waals surface area (Å²) in [6.07, 6.45) is 4.10. The summed E-state index contributed by atoms with van der Waals surface area (Å²) in [5.41, 5.74) is 7.49. The third-order valence-electron chi connectivity index (χ3n) is 4.75. The van der Waals surface area contributed by atoms with Gasteiger partial charge >= 0.3 is 6.09 Å². The fourth-order valence-electron chi connectivity index (χ4n) is 3.83. The Morgan fingerprint density at radius 3 is 2.18 bits per heavy atom. The zero-order valence-corrected chi connectivity index (χ0v) is 13.7. The van der Waals surface area contributed by atoms with Gasteiger partial charge < -0.3 is 15.4 Å². The van der Waals surface area contributed by atoms with Crippen molar-refractivity contribution in [1.82, 2.24) is 4.90 Å². The van der Waals surface area contributed by atoms with Crippen molar-refractivity contribution in [3.63, 3.8) is 0 Å². The Hall–Kier alpha value is -1.71. The SMILES string of the molecule is CC(C)(C)OC(=O)N1C2CCC1CC(c1ccc(N)cc1)C2. The number of hydrogen-bond donors (Lipinski definition) is 1. The van der Waals surface area contributed by atoms with Gasteiger partial charge in [-0.15, -0.1) is 0 Å². The molecule has 2 aliphatic heterocycles. The molecule has 2 N–H and O–H groups in total. The van der Waals surface area contributed by atoms with Gasteiger partial charge in [0.05, 0.1) is 0 Å². The van der Waals surface area contributed by atoms with Gasteiger partial charge in [0.25, 0.3) is 0 Å². The molecular weight excluding hydrogens is 276 g/mol. The van der Waals surface area contributed by atoms with Crippen LogP contribution in [0.1, 0.15) is 57.9 Å². The van der Waals surface area contributed by atoms with Crippen LogP contribution < -0.4 is 5.73 Å². The van der Waals surface area contributed by atoms with E-state index in [1.54, 1.807) is 0 Å². The Morgan fingerprint density at radius 1 is 1.14 bits per heavy atom. The number of rotatable bonds is 1. The van der Waals surface area contributed by atoms with E-state index in [1.807, 2.05) is 37.8 Å². The van der Waals surface area contributed by atoms with Gasteiger partial charge in [-0.3, -0.25) is 0 Å². The van der Waals surface area contributed by atoms with Crippen LogP contribution >= 0.6 is 0 Å². The number of nitrogens with two attached hydrogens (primary N) is 1. The lowest BCUT2D eigenvalue weighted by atomic mass is 9.85. The average Bonchev–Trinajstić information content (AvgIpc) is 2.69. The number of amides is 1. The van der Waals surface area contributed by atoms with Crippen molar-refractivity contribution in [2.45, 2.75) is 70.1 Å². The van der Waals surface area contributed by atoms with Crippen molar-refractivity contribution in [1.29, 1.82) is 0 Å². The van der Waals surface area contributed by atoms with Gasteiger partial charge in [0.1, 0.15) is 5.60 Å². The van der Waals surface area contributed by atoms with Crippen molar-refractivity contribution >= 4 is 11.8 Å². The molecule has 2 atom stereocenters. The molecule has 0 aliphatic carbocycles. The molecule has 2 aliphatic rings. The molecule has 120 valence electrons. The highest BCUT2D eigenvalue weighted by atomic mass is 16.6. The van der Waals surface area contributed by atoms with Crippen molar-refractivity contribution < 1.29 is 9.53 Å². The molecule has 2 heterocycles. The predicted octanol–water partition coefficient (Wildman–Crippen LogP) is 3.91. The molecule has 0 aromatic heterocycles. The number of hydrogen-bond acceptors (Lipinski definition) is 3. The normalized spacial score (nSPS) is 27.8. The van der Waals surface area contributed by atoms with Crippen LogP contribution in [-0.2, 0) is 4.74 Å². The van der Waals surface area contributed by atoms with Gasteiger partial charge in [0.2, 0.25) is 0 Å². The number of carbonyl (C=O) groups excluding carboxylic acids is 1. The third kappa shape index (κ3) is 3.06. The third-order valence-corrected chi connectivity index (χ3v) is 4.75. The molecule has 2 unspecified atom stereocenters. The van der Waals surface area contributed by atoms with Crippen molar-refractivity contribution in [2.24, 2.45) is 0 Å². The summed E-state index contributed by atoms with van der Waals surface area (Å²) in [5, 5.41) is 0. The minimum atomic E-state index is -0.426. The standard InChI is InChI=1S/C18H26N2O2/c1-18(2,3)22-17(21)20-15-8-9-16(20)11-13(10-15)12-4-6-14(19)7-5-12/h4-7,13,15-16H,8-11,19H2,1-3H3. The highest BCUT2D eigenvalue weighted by molar-refractivity contribution is 5.69. The van der Waals surface area contributed by atoms with Crippen LogP contribution in [0.4, 0.5) is 10.5 Å². The smallest absolute Gasteiger partial charge is 0.410 e. The first-order valence-corrected chi connectivity index (χ1v) is 8.20. The van der Waals surface area contributed by atoms with Gasteiger partial charge in [-0.2, -0.15) is 0 Å². The van der Waals surface area contributed by atoms with Crippen LogP contribution in [0, 0.1) is 0 Å². The largest absolute Gasteiger partial charge is 0.444 e. The Kier molecular flexibility index (Phi) is 3.79. The number of ether oxygens (including phenoxy) is 1. The van der Waals surface area contributed by atoms with Gasteiger partial charge in [0, 0.05) is 17.8 Å². The number of nitrogens with zero attached hydrogens (tertiary/aromatic N) is 1. The number of carbonyl (C=O) groups is 1. The van der Waals surface area contributed by atoms with Crippen LogP contribution in [0.15, 0.2) is 24.3 Å². The van der Waals surface area contributed by atoms with Crippen LogP contribution in [0.3, 0.4) is 0 Å². The first-order chi connectivity index (χ1) is 10.3. The van der Waals surface area contributed by atoms with E-state index in [1.165, 1.54) is 5.56 Å². The highest BCUT2D eigenvalue weighted by Gasteiger charge is 2.45. The topological polar surface area (TPSA) is 55.6 Å². The zero-order valence-electron chi connectivity index (χ0n) is 13.7. The second-order valence-corrected chi connectivity index (χ2v) is 7.61. The summed E-state index contributed by atoms with van der Waals surface area (Å²) in [6.45, 7) is 5.77. The minimum Gasteiger partial charge on any atom is -0.444 e. The zero-order chi connectivity index (χ0) is 15.9. The lowest BCUT2D eigenvalue weighted by Crippen LogP contribution is -2.48. The molecule has 4 heteroatoms. The van der Waals surface area contributed by atoms with Crippen molar-refractivity contribution in [3.8, 4) is 0 Å². The summed E-state index contributed by atoms with van der Waals surface area (Å²) in [7, 11) is 0. The Labute approximate surface area is 132 Å². The van der Waals surface area contributed by atoms with Crippen molar-refractivity contribution in [2.75, 3.05) is 5.73 Å². The van der Waals surface area contributed by atoms with Gasteiger partial charge in [0.15, 0.2) is 0 Å². The molecular formula is C18H26N2O2. The molecule has 1 amide bonds.